The molecule has 3 unspecified atom stereocenters. The molecule has 6 saturated heterocycles. The molecule has 7 N–H and O–H groups in total. The van der Waals surface area contributed by atoms with Gasteiger partial charge in [-0.3, -0.25) is 0 Å². The lowest BCUT2D eigenvalue weighted by molar-refractivity contribution is 0.149. The van der Waals surface area contributed by atoms with Crippen molar-refractivity contribution in [3.05, 3.63) is 0 Å². The predicted octanol–water partition coefficient (Wildman–Crippen LogP) is 5.58. The Morgan fingerprint density at radius 1 is 0.521 bits per heavy atom. The minimum Gasteiger partial charge on any atom is -0.330 e. The Balaban J connectivity index is 0.000000581. The summed E-state index contributed by atoms with van der Waals surface area (Å²) in [7, 11) is 6.61. The van der Waals surface area contributed by atoms with Gasteiger partial charge in [0.05, 0.1) is 0 Å². The number of rotatable bonds is 4. The summed E-state index contributed by atoms with van der Waals surface area (Å²) in [5, 5.41) is 10.1. The summed E-state index contributed by atoms with van der Waals surface area (Å²) in [5.41, 5.74) is 11.0. The normalized spacial score (nSPS) is 28.2. The first kappa shape index (κ1) is 47.7. The van der Waals surface area contributed by atoms with E-state index in [4.69, 9.17) is 11.5 Å². The molecule has 6 heterocycles. The molecular weight excluding hydrogens is 592 g/mol. The van der Waals surface area contributed by atoms with E-state index in [1.807, 2.05) is 0 Å². The number of nitrogens with zero attached hydrogens (tertiary/aromatic N) is 3. The topological polar surface area (TPSA) is 97.8 Å². The first-order chi connectivity index (χ1) is 22.3. The van der Waals surface area contributed by atoms with Gasteiger partial charge in [0.1, 0.15) is 0 Å². The molecule has 0 aromatic carbocycles. The van der Waals surface area contributed by atoms with Crippen LogP contribution >= 0.6 is 0 Å². The SMILES string of the molecule is C.C.CC1CCCNC1.CC1CCNCC1.CN1CCC(C2CCNCC2)CC1.CN1CCCC(CCN)C1.CN1CCCC(CN)C1. The second-order valence-electron chi connectivity index (χ2n) is 16.0. The van der Waals surface area contributed by atoms with Crippen LogP contribution in [0.15, 0.2) is 0 Å². The molecule has 0 aliphatic carbocycles. The summed E-state index contributed by atoms with van der Waals surface area (Å²) >= 11 is 0. The van der Waals surface area contributed by atoms with Crippen molar-refractivity contribution < 1.29 is 0 Å². The lowest BCUT2D eigenvalue weighted by atomic mass is 9.79. The van der Waals surface area contributed by atoms with Gasteiger partial charge in [-0.25, -0.2) is 0 Å². The average molecular weight is 683 g/mol. The lowest BCUT2D eigenvalue weighted by Gasteiger charge is -2.36. The van der Waals surface area contributed by atoms with Crippen LogP contribution in [0.2, 0.25) is 0 Å². The largest absolute Gasteiger partial charge is 0.330 e. The Labute approximate surface area is 302 Å². The van der Waals surface area contributed by atoms with E-state index in [0.717, 1.165) is 48.6 Å². The first-order valence-corrected chi connectivity index (χ1v) is 19.9. The maximum absolute atomic E-state index is 5.54. The third-order valence-corrected chi connectivity index (χ3v) is 11.3. The van der Waals surface area contributed by atoms with Gasteiger partial charge in [0.2, 0.25) is 0 Å². The van der Waals surface area contributed by atoms with Gasteiger partial charge in [-0.15, -0.1) is 0 Å². The Morgan fingerprint density at radius 2 is 1.04 bits per heavy atom. The van der Waals surface area contributed by atoms with Crippen molar-refractivity contribution in [1.82, 2.24) is 30.7 Å². The second-order valence-corrected chi connectivity index (χ2v) is 16.0. The third-order valence-electron chi connectivity index (χ3n) is 11.3. The van der Waals surface area contributed by atoms with Crippen molar-refractivity contribution in [3.8, 4) is 0 Å². The molecule has 0 bridgehead atoms. The van der Waals surface area contributed by atoms with Crippen LogP contribution in [0, 0.1) is 35.5 Å². The maximum atomic E-state index is 5.54. The smallest absolute Gasteiger partial charge is 0.00187 e. The quantitative estimate of drug-likeness (QED) is 0.263. The summed E-state index contributed by atoms with van der Waals surface area (Å²) in [4.78, 5) is 7.24. The average Bonchev–Trinajstić information content (AvgIpc) is 3.08. The van der Waals surface area contributed by atoms with Crippen molar-refractivity contribution in [1.29, 1.82) is 0 Å². The minimum absolute atomic E-state index is 0. The highest BCUT2D eigenvalue weighted by Crippen LogP contribution is 2.30. The molecular formula is C40H90N8. The predicted molar refractivity (Wildman–Crippen MR) is 215 cm³/mol. The number of hydrogen-bond donors (Lipinski definition) is 5. The fourth-order valence-electron chi connectivity index (χ4n) is 8.02. The molecule has 290 valence electrons. The van der Waals surface area contributed by atoms with Crippen molar-refractivity contribution in [3.63, 3.8) is 0 Å². The Hall–Kier alpha value is -0.320. The fraction of sp³-hybridized carbons (Fsp3) is 1.00. The molecule has 6 fully saturated rings. The van der Waals surface area contributed by atoms with E-state index in [0.29, 0.717) is 0 Å². The van der Waals surface area contributed by atoms with Crippen LogP contribution in [0.3, 0.4) is 0 Å². The van der Waals surface area contributed by atoms with Gasteiger partial charge in [0.25, 0.3) is 0 Å². The minimum atomic E-state index is 0. The maximum Gasteiger partial charge on any atom is 0.00187 e. The van der Waals surface area contributed by atoms with Crippen molar-refractivity contribution in [2.75, 3.05) is 113 Å². The van der Waals surface area contributed by atoms with Gasteiger partial charge in [-0.1, -0.05) is 28.7 Å². The van der Waals surface area contributed by atoms with E-state index in [1.165, 1.54) is 162 Å². The van der Waals surface area contributed by atoms with Gasteiger partial charge >= 0.3 is 0 Å². The monoisotopic (exact) mass is 683 g/mol. The number of nitrogens with two attached hydrogens (primary N) is 2. The van der Waals surface area contributed by atoms with E-state index >= 15 is 0 Å². The molecule has 0 amide bonds. The van der Waals surface area contributed by atoms with Gasteiger partial charge in [0, 0.05) is 13.1 Å². The number of hydrogen-bond acceptors (Lipinski definition) is 8. The number of nitrogens with one attached hydrogen (secondary N) is 3. The van der Waals surface area contributed by atoms with Crippen LogP contribution in [0.4, 0.5) is 0 Å². The highest BCUT2D eigenvalue weighted by atomic mass is 15.1. The lowest BCUT2D eigenvalue weighted by Crippen LogP contribution is -2.37. The van der Waals surface area contributed by atoms with Crippen LogP contribution in [0.1, 0.15) is 112 Å². The molecule has 0 saturated carbocycles. The van der Waals surface area contributed by atoms with E-state index < -0.39 is 0 Å². The zero-order valence-electron chi connectivity index (χ0n) is 31.6. The van der Waals surface area contributed by atoms with Crippen LogP contribution in [0.5, 0.6) is 0 Å². The first-order valence-electron chi connectivity index (χ1n) is 19.9. The summed E-state index contributed by atoms with van der Waals surface area (Å²) in [6.07, 6.45) is 17.9. The van der Waals surface area contributed by atoms with E-state index in [9.17, 15) is 0 Å². The molecule has 6 rings (SSSR count). The van der Waals surface area contributed by atoms with Crippen molar-refractivity contribution >= 4 is 0 Å². The van der Waals surface area contributed by atoms with E-state index in [2.05, 4.69) is 65.6 Å². The molecule has 0 spiro atoms. The summed E-state index contributed by atoms with van der Waals surface area (Å²) < 4.78 is 0. The van der Waals surface area contributed by atoms with Crippen LogP contribution < -0.4 is 27.4 Å². The summed E-state index contributed by atoms with van der Waals surface area (Å²) in [6.45, 7) is 21.5. The highest BCUT2D eigenvalue weighted by molar-refractivity contribution is 4.80. The zero-order chi connectivity index (χ0) is 33.4. The Morgan fingerprint density at radius 3 is 1.44 bits per heavy atom. The highest BCUT2D eigenvalue weighted by Gasteiger charge is 2.26. The van der Waals surface area contributed by atoms with Crippen LogP contribution in [-0.2, 0) is 0 Å². The second kappa shape index (κ2) is 30.3. The Kier molecular flexibility index (Phi) is 30.1. The molecule has 0 aromatic rings. The van der Waals surface area contributed by atoms with Crippen molar-refractivity contribution in [2.45, 2.75) is 112 Å². The standard InChI is InChI=1S/C11H22N2.C8H18N2.C7H16N2.2C6H13N.2CH4/c1-13-8-4-11(5-9-13)10-2-6-12-7-3-10;1-10-6-2-3-8(7-10)4-5-9;1-9-4-2-3-7(5-8)6-9;1-6-2-4-7-5-3-6;1-6-3-2-4-7-5-6;;/h10-12H,2-9H2,1H3;8H,2-7,9H2,1H3;7H,2-6,8H2,1H3;2*6-7H,2-5H2,1H3;2*1H4. The van der Waals surface area contributed by atoms with Crippen molar-refractivity contribution in [2.24, 2.45) is 47.0 Å². The van der Waals surface area contributed by atoms with E-state index in [1.54, 1.807) is 0 Å². The molecule has 0 aromatic heterocycles. The molecule has 6 aliphatic rings. The van der Waals surface area contributed by atoms with Crippen LogP contribution in [-0.4, -0.2) is 127 Å². The molecule has 6 aliphatic heterocycles. The summed E-state index contributed by atoms with van der Waals surface area (Å²) in [6, 6.07) is 0. The van der Waals surface area contributed by atoms with E-state index in [-0.39, 0.29) is 14.9 Å². The molecule has 8 nitrogen and oxygen atoms in total. The molecule has 0 radical (unpaired) electrons. The van der Waals surface area contributed by atoms with Gasteiger partial charge in [0.15, 0.2) is 0 Å². The molecule has 8 heteroatoms. The molecule has 48 heavy (non-hydrogen) atoms. The van der Waals surface area contributed by atoms with Gasteiger partial charge in [-0.2, -0.15) is 0 Å². The van der Waals surface area contributed by atoms with Gasteiger partial charge in [-0.05, 0) is 219 Å². The van der Waals surface area contributed by atoms with Gasteiger partial charge < -0.3 is 42.1 Å². The number of likely N-dealkylation sites (tertiary alicyclic amines) is 3. The fourth-order valence-corrected chi connectivity index (χ4v) is 8.02. The summed E-state index contributed by atoms with van der Waals surface area (Å²) in [5.74, 6) is 5.62. The third kappa shape index (κ3) is 23.2. The number of piperidine rings is 6. The zero-order valence-corrected chi connectivity index (χ0v) is 31.6. The Bertz CT molecular complexity index is 652. The molecule has 3 atom stereocenters. The van der Waals surface area contributed by atoms with Crippen LogP contribution in [0.25, 0.3) is 0 Å².